The van der Waals surface area contributed by atoms with Crippen LogP contribution in [0.3, 0.4) is 0 Å². The zero-order valence-electron chi connectivity index (χ0n) is 11.1. The topological polar surface area (TPSA) is 48.3 Å². The van der Waals surface area contributed by atoms with Crippen molar-refractivity contribution in [3.8, 4) is 11.5 Å². The lowest BCUT2D eigenvalue weighted by atomic mass is 10.0. The molecule has 5 nitrogen and oxygen atoms in total. The molecule has 1 unspecified atom stereocenters. The lowest BCUT2D eigenvalue weighted by Crippen LogP contribution is -2.22. The number of ether oxygens (including phenoxy) is 2. The van der Waals surface area contributed by atoms with E-state index in [1.54, 1.807) is 14.2 Å². The predicted molar refractivity (Wildman–Crippen MR) is 72.8 cm³/mol. The van der Waals surface area contributed by atoms with E-state index in [-0.39, 0.29) is 6.04 Å². The summed E-state index contributed by atoms with van der Waals surface area (Å²) >= 11 is 0. The number of anilines is 1. The summed E-state index contributed by atoms with van der Waals surface area (Å²) in [6.45, 7) is 0.952. The van der Waals surface area contributed by atoms with Gasteiger partial charge >= 0.3 is 0 Å². The summed E-state index contributed by atoms with van der Waals surface area (Å²) in [6, 6.07) is 6.07. The Morgan fingerprint density at radius 1 is 1.32 bits per heavy atom. The Morgan fingerprint density at radius 2 is 2.21 bits per heavy atom. The highest BCUT2D eigenvalue weighted by Gasteiger charge is 2.22. The second-order valence-corrected chi connectivity index (χ2v) is 4.54. The zero-order chi connectivity index (χ0) is 13.2. The lowest BCUT2D eigenvalue weighted by Gasteiger charge is -2.27. The van der Waals surface area contributed by atoms with Crippen LogP contribution in [0.15, 0.2) is 30.6 Å². The molecule has 0 radical (unpaired) electrons. The van der Waals surface area contributed by atoms with E-state index < -0.39 is 0 Å². The molecule has 1 aromatic heterocycles. The minimum Gasteiger partial charge on any atom is -0.497 e. The number of benzene rings is 1. The highest BCUT2D eigenvalue weighted by molar-refractivity contribution is 5.46. The monoisotopic (exact) mass is 259 g/mol. The van der Waals surface area contributed by atoms with Gasteiger partial charge in [-0.15, -0.1) is 0 Å². The molecule has 0 saturated carbocycles. The number of nitrogens with zero attached hydrogens (tertiary/aromatic N) is 2. The minimum absolute atomic E-state index is 0.194. The Kier molecular flexibility index (Phi) is 3.03. The van der Waals surface area contributed by atoms with Crippen molar-refractivity contribution >= 4 is 5.95 Å². The third kappa shape index (κ3) is 2.12. The van der Waals surface area contributed by atoms with Gasteiger partial charge in [0.1, 0.15) is 11.5 Å². The average Bonchev–Trinajstić information content (AvgIpc) is 2.93. The van der Waals surface area contributed by atoms with Crippen molar-refractivity contribution in [1.82, 2.24) is 9.55 Å². The first-order valence-corrected chi connectivity index (χ1v) is 6.31. The van der Waals surface area contributed by atoms with E-state index in [1.807, 2.05) is 30.6 Å². The number of nitrogens with one attached hydrogen (secondary N) is 1. The third-order valence-corrected chi connectivity index (χ3v) is 3.49. The van der Waals surface area contributed by atoms with E-state index >= 15 is 0 Å². The number of aromatic nitrogens is 2. The standard InChI is InChI=1S/C14H17N3O2/c1-18-10-3-4-13(19-2)11(9-10)12-5-7-17-8-6-15-14(17)16-12/h3-4,6,8-9,12H,5,7H2,1-2H3,(H,15,16). The smallest absolute Gasteiger partial charge is 0.203 e. The maximum atomic E-state index is 5.44. The molecule has 5 heteroatoms. The summed E-state index contributed by atoms with van der Waals surface area (Å²) in [5, 5.41) is 3.44. The first-order chi connectivity index (χ1) is 9.31. The minimum atomic E-state index is 0.194. The number of rotatable bonds is 3. The molecule has 1 atom stereocenters. The number of hydrogen-bond donors (Lipinski definition) is 1. The van der Waals surface area contributed by atoms with Crippen LogP contribution in [-0.2, 0) is 6.54 Å². The van der Waals surface area contributed by atoms with Gasteiger partial charge < -0.3 is 19.4 Å². The van der Waals surface area contributed by atoms with Crippen LogP contribution in [0.2, 0.25) is 0 Å². The molecular weight excluding hydrogens is 242 g/mol. The molecule has 1 aromatic carbocycles. The van der Waals surface area contributed by atoms with Gasteiger partial charge in [-0.25, -0.2) is 4.98 Å². The number of hydrogen-bond acceptors (Lipinski definition) is 4. The molecule has 0 aliphatic carbocycles. The number of aryl methyl sites for hydroxylation is 1. The fourth-order valence-electron chi connectivity index (χ4n) is 2.47. The van der Waals surface area contributed by atoms with Gasteiger partial charge in [0, 0.05) is 24.5 Å². The predicted octanol–water partition coefficient (Wildman–Crippen LogP) is 2.46. The quantitative estimate of drug-likeness (QED) is 0.919. The average molecular weight is 259 g/mol. The Balaban J connectivity index is 1.94. The summed E-state index contributed by atoms with van der Waals surface area (Å²) in [5.41, 5.74) is 1.11. The zero-order valence-corrected chi connectivity index (χ0v) is 11.1. The van der Waals surface area contributed by atoms with E-state index in [0.717, 1.165) is 36.0 Å². The fourth-order valence-corrected chi connectivity index (χ4v) is 2.47. The highest BCUT2D eigenvalue weighted by atomic mass is 16.5. The van der Waals surface area contributed by atoms with Crippen LogP contribution in [0.4, 0.5) is 5.95 Å². The summed E-state index contributed by atoms with van der Waals surface area (Å²) < 4.78 is 12.9. The first kappa shape index (κ1) is 11.9. The molecule has 0 spiro atoms. The van der Waals surface area contributed by atoms with Gasteiger partial charge in [0.05, 0.1) is 20.3 Å². The number of imidazole rings is 1. The molecule has 2 aromatic rings. The highest BCUT2D eigenvalue weighted by Crippen LogP contribution is 2.35. The molecule has 1 N–H and O–H groups in total. The molecule has 0 fully saturated rings. The van der Waals surface area contributed by atoms with Crippen molar-refractivity contribution < 1.29 is 9.47 Å². The molecule has 3 rings (SSSR count). The van der Waals surface area contributed by atoms with Crippen LogP contribution >= 0.6 is 0 Å². The second kappa shape index (κ2) is 4.84. The first-order valence-electron chi connectivity index (χ1n) is 6.31. The molecular formula is C14H17N3O2. The summed E-state index contributed by atoms with van der Waals surface area (Å²) in [5.74, 6) is 2.62. The summed E-state index contributed by atoms with van der Waals surface area (Å²) in [4.78, 5) is 4.31. The maximum Gasteiger partial charge on any atom is 0.203 e. The number of methoxy groups -OCH3 is 2. The molecule has 1 aliphatic heterocycles. The normalized spacial score (nSPS) is 17.5. The van der Waals surface area contributed by atoms with Crippen LogP contribution in [0, 0.1) is 0 Å². The summed E-state index contributed by atoms with van der Waals surface area (Å²) in [7, 11) is 3.36. The largest absolute Gasteiger partial charge is 0.497 e. The Hall–Kier alpha value is -2.17. The molecule has 19 heavy (non-hydrogen) atoms. The van der Waals surface area contributed by atoms with Crippen molar-refractivity contribution in [3.05, 3.63) is 36.2 Å². The second-order valence-electron chi connectivity index (χ2n) is 4.54. The molecule has 100 valence electrons. The van der Waals surface area contributed by atoms with Gasteiger partial charge in [0.2, 0.25) is 5.95 Å². The van der Waals surface area contributed by atoms with E-state index in [9.17, 15) is 0 Å². The summed E-state index contributed by atoms with van der Waals surface area (Å²) in [6.07, 6.45) is 4.79. The van der Waals surface area contributed by atoms with Crippen LogP contribution < -0.4 is 14.8 Å². The Bertz CT molecular complexity index is 580. The van der Waals surface area contributed by atoms with Gasteiger partial charge in [-0.1, -0.05) is 0 Å². The van der Waals surface area contributed by atoms with E-state index in [4.69, 9.17) is 9.47 Å². The number of fused-ring (bicyclic) bond motifs is 1. The van der Waals surface area contributed by atoms with Crippen LogP contribution in [0.1, 0.15) is 18.0 Å². The van der Waals surface area contributed by atoms with E-state index in [1.165, 1.54) is 0 Å². The lowest BCUT2D eigenvalue weighted by molar-refractivity contribution is 0.392. The molecule has 1 aliphatic rings. The Labute approximate surface area is 112 Å². The molecule has 2 heterocycles. The van der Waals surface area contributed by atoms with Crippen molar-refractivity contribution in [2.24, 2.45) is 0 Å². The fraction of sp³-hybridized carbons (Fsp3) is 0.357. The molecule has 0 bridgehead atoms. The van der Waals surface area contributed by atoms with Gasteiger partial charge in [-0.3, -0.25) is 0 Å². The van der Waals surface area contributed by atoms with Crippen molar-refractivity contribution in [2.45, 2.75) is 19.0 Å². The van der Waals surface area contributed by atoms with Gasteiger partial charge in [0.25, 0.3) is 0 Å². The van der Waals surface area contributed by atoms with Gasteiger partial charge in [0.15, 0.2) is 0 Å². The molecule has 0 saturated heterocycles. The van der Waals surface area contributed by atoms with Crippen molar-refractivity contribution in [2.75, 3.05) is 19.5 Å². The maximum absolute atomic E-state index is 5.44. The van der Waals surface area contributed by atoms with Gasteiger partial charge in [-0.05, 0) is 24.6 Å². The van der Waals surface area contributed by atoms with Crippen LogP contribution in [0.25, 0.3) is 0 Å². The van der Waals surface area contributed by atoms with Crippen LogP contribution in [0.5, 0.6) is 11.5 Å². The van der Waals surface area contributed by atoms with Crippen molar-refractivity contribution in [1.29, 1.82) is 0 Å². The van der Waals surface area contributed by atoms with Crippen molar-refractivity contribution in [3.63, 3.8) is 0 Å². The van der Waals surface area contributed by atoms with Gasteiger partial charge in [-0.2, -0.15) is 0 Å². The molecule has 0 amide bonds. The van der Waals surface area contributed by atoms with E-state index in [2.05, 4.69) is 14.9 Å². The SMILES string of the molecule is COc1ccc(OC)c(C2CCn3ccnc3N2)c1. The van der Waals surface area contributed by atoms with E-state index in [0.29, 0.717) is 0 Å². The van der Waals surface area contributed by atoms with Crippen LogP contribution in [-0.4, -0.2) is 23.8 Å². The Morgan fingerprint density at radius 3 is 3.00 bits per heavy atom. The third-order valence-electron chi connectivity index (χ3n) is 3.49.